The van der Waals surface area contributed by atoms with Crippen LogP contribution in [0.3, 0.4) is 0 Å². The molecule has 7 rings (SSSR count). The van der Waals surface area contributed by atoms with Crippen LogP contribution in [0.2, 0.25) is 0 Å². The summed E-state index contributed by atoms with van der Waals surface area (Å²) in [4.78, 5) is 17.8. The predicted octanol–water partition coefficient (Wildman–Crippen LogP) is 6.51. The summed E-state index contributed by atoms with van der Waals surface area (Å²) in [6.07, 6.45) is 7.18. The molecule has 4 unspecified atom stereocenters. The molecular weight excluding hydrogens is 604 g/mol. The van der Waals surface area contributed by atoms with Gasteiger partial charge >= 0.3 is 6.09 Å². The van der Waals surface area contributed by atoms with Crippen molar-refractivity contribution in [2.45, 2.75) is 163 Å². The molecule has 7 fully saturated rings. The lowest BCUT2D eigenvalue weighted by molar-refractivity contribution is -0.215. The highest BCUT2D eigenvalue weighted by atomic mass is 16.6. The molecule has 0 aromatic rings. The van der Waals surface area contributed by atoms with Crippen molar-refractivity contribution in [3.8, 4) is 0 Å². The first kappa shape index (κ1) is 35.5. The van der Waals surface area contributed by atoms with Crippen LogP contribution in [-0.2, 0) is 14.2 Å². The second-order valence-corrected chi connectivity index (χ2v) is 19.6. The number of carbonyl (C=O) groups excluding carboxylic acids is 1. The summed E-state index contributed by atoms with van der Waals surface area (Å²) >= 11 is 0. The van der Waals surface area contributed by atoms with Gasteiger partial charge in [0.05, 0.1) is 23.9 Å². The minimum atomic E-state index is -1.02. The van der Waals surface area contributed by atoms with Gasteiger partial charge in [-0.15, -0.1) is 0 Å². The molecule has 274 valence electrons. The van der Waals surface area contributed by atoms with Gasteiger partial charge in [0.15, 0.2) is 0 Å². The van der Waals surface area contributed by atoms with E-state index in [1.165, 1.54) is 12.8 Å². The number of carbonyl (C=O) groups is 1. The lowest BCUT2D eigenvalue weighted by Gasteiger charge is -2.63. The summed E-state index contributed by atoms with van der Waals surface area (Å²) in [6, 6.07) is 0.506. The maximum Gasteiger partial charge on any atom is 0.410 e. The topological polar surface area (TPSA) is 91.7 Å². The van der Waals surface area contributed by atoms with E-state index in [2.05, 4.69) is 53.4 Å². The van der Waals surface area contributed by atoms with Crippen LogP contribution >= 0.6 is 0 Å². The summed E-state index contributed by atoms with van der Waals surface area (Å²) in [6.45, 7) is 26.0. The Labute approximate surface area is 291 Å². The molecule has 2 spiro atoms. The Kier molecular flexibility index (Phi) is 8.52. The Hall–Kier alpha value is -0.930. The van der Waals surface area contributed by atoms with Gasteiger partial charge in [-0.1, -0.05) is 34.6 Å². The molecule has 48 heavy (non-hydrogen) atoms. The summed E-state index contributed by atoms with van der Waals surface area (Å²) in [5.74, 6) is 1.64. The van der Waals surface area contributed by atoms with E-state index in [4.69, 9.17) is 14.2 Å². The molecule has 5 aliphatic carbocycles. The van der Waals surface area contributed by atoms with E-state index in [0.29, 0.717) is 30.4 Å². The third-order valence-electron chi connectivity index (χ3n) is 16.7. The van der Waals surface area contributed by atoms with E-state index in [9.17, 15) is 15.0 Å². The van der Waals surface area contributed by atoms with Crippen LogP contribution in [0.4, 0.5) is 4.79 Å². The number of fused-ring (bicyclic) bond motifs is 4. The largest absolute Gasteiger partial charge is 0.446 e. The zero-order valence-corrected chi connectivity index (χ0v) is 31.9. The minimum absolute atomic E-state index is 0.00825. The fraction of sp³-hybridized carbons (Fsp3) is 0.975. The maximum atomic E-state index is 13.5. The maximum absolute atomic E-state index is 13.5. The van der Waals surface area contributed by atoms with Crippen molar-refractivity contribution in [2.24, 2.45) is 50.7 Å². The minimum Gasteiger partial charge on any atom is -0.446 e. The van der Waals surface area contributed by atoms with Crippen molar-refractivity contribution in [2.75, 3.05) is 32.8 Å². The number of rotatable bonds is 6. The molecule has 2 aliphatic heterocycles. The summed E-state index contributed by atoms with van der Waals surface area (Å²) in [5, 5.41) is 23.6. The number of hydrogen-bond donors (Lipinski definition) is 2. The van der Waals surface area contributed by atoms with Crippen molar-refractivity contribution in [1.82, 2.24) is 9.80 Å². The molecule has 5 saturated carbocycles. The van der Waals surface area contributed by atoms with E-state index in [1.807, 2.05) is 25.7 Å². The third kappa shape index (κ3) is 4.73. The molecule has 0 aromatic carbocycles. The molecule has 2 saturated heterocycles. The van der Waals surface area contributed by atoms with E-state index in [1.54, 1.807) is 0 Å². The van der Waals surface area contributed by atoms with Crippen molar-refractivity contribution in [3.63, 3.8) is 0 Å². The van der Waals surface area contributed by atoms with E-state index in [-0.39, 0.29) is 57.4 Å². The van der Waals surface area contributed by atoms with Crippen LogP contribution in [0, 0.1) is 50.7 Å². The smallest absolute Gasteiger partial charge is 0.410 e. The molecule has 0 radical (unpaired) electrons. The number of aliphatic hydroxyl groups excluding tert-OH is 1. The van der Waals surface area contributed by atoms with Crippen molar-refractivity contribution < 1.29 is 29.2 Å². The fourth-order valence-electron chi connectivity index (χ4n) is 14.3. The number of hydrogen-bond acceptors (Lipinski definition) is 7. The van der Waals surface area contributed by atoms with Gasteiger partial charge in [-0.3, -0.25) is 4.90 Å². The molecule has 7 aliphatic rings. The summed E-state index contributed by atoms with van der Waals surface area (Å²) in [7, 11) is 0. The van der Waals surface area contributed by atoms with Gasteiger partial charge in [0.2, 0.25) is 0 Å². The zero-order valence-electron chi connectivity index (χ0n) is 31.9. The van der Waals surface area contributed by atoms with E-state index in [0.717, 1.165) is 64.7 Å². The van der Waals surface area contributed by atoms with Crippen molar-refractivity contribution >= 4 is 6.09 Å². The predicted molar refractivity (Wildman–Crippen MR) is 186 cm³/mol. The Bertz CT molecular complexity index is 1240. The van der Waals surface area contributed by atoms with Crippen molar-refractivity contribution in [1.29, 1.82) is 0 Å². The normalized spacial score (nSPS) is 48.9. The van der Waals surface area contributed by atoms with Gasteiger partial charge in [0.1, 0.15) is 12.2 Å². The monoisotopic (exact) mass is 673 g/mol. The van der Waals surface area contributed by atoms with Crippen LogP contribution in [0.5, 0.6) is 0 Å². The summed E-state index contributed by atoms with van der Waals surface area (Å²) in [5.41, 5.74) is -0.822. The Morgan fingerprint density at radius 3 is 2.25 bits per heavy atom. The van der Waals surface area contributed by atoms with Gasteiger partial charge in [0, 0.05) is 49.7 Å². The molecule has 13 atom stereocenters. The Morgan fingerprint density at radius 1 is 0.979 bits per heavy atom. The average Bonchev–Trinajstić information content (AvgIpc) is 3.65. The van der Waals surface area contributed by atoms with Crippen LogP contribution in [0.25, 0.3) is 0 Å². The quantitative estimate of drug-likeness (QED) is 0.333. The molecule has 1 amide bonds. The molecule has 0 aromatic heterocycles. The lowest BCUT2D eigenvalue weighted by Crippen LogP contribution is -2.60. The number of amides is 1. The summed E-state index contributed by atoms with van der Waals surface area (Å²) < 4.78 is 19.5. The number of aliphatic hydroxyl groups is 2. The SMILES string of the molecule is CCO[C@@H](C1C[C@@H](C)[C@H]2C(O1)[C@H](O)[C@@]1(C)C3CC[C@H]4C(C)(C)[C@@H](OC(=O)N5CCN(C(C)C)CC5)CC[C@@]45CC35CC[C@]21C)C(C)(C)O. The van der Waals surface area contributed by atoms with E-state index < -0.39 is 17.8 Å². The van der Waals surface area contributed by atoms with Gasteiger partial charge in [-0.2, -0.15) is 0 Å². The Balaban J connectivity index is 1.10. The molecule has 2 heterocycles. The standard InChI is InChI=1S/C40H68N2O6/c1-11-46-33(36(7,8)45)26-22-25(4)30-31(47-26)32(43)38(10)28-13-12-27-35(5,6)29(48-34(44)42-20-18-41(19-21-42)24(2)3)14-15-39(27)23-40(28,39)17-16-37(30,38)9/h24-33,43,45H,11-23H2,1-10H3/t25-,26?,27+,28?,29+,30+,31?,32+,33+,37-,38-,39-,40?/m1/s1. The average molecular weight is 673 g/mol. The highest BCUT2D eigenvalue weighted by Gasteiger charge is 2.84. The number of ether oxygens (including phenoxy) is 3. The second kappa shape index (κ2) is 11.5. The first-order valence-corrected chi connectivity index (χ1v) is 19.8. The molecular formula is C40H68N2O6. The number of piperazine rings is 1. The van der Waals surface area contributed by atoms with Gasteiger partial charge in [0.25, 0.3) is 0 Å². The Morgan fingerprint density at radius 2 is 1.62 bits per heavy atom. The van der Waals surface area contributed by atoms with Crippen molar-refractivity contribution in [3.05, 3.63) is 0 Å². The second-order valence-electron chi connectivity index (χ2n) is 19.6. The van der Waals surface area contributed by atoms with Gasteiger partial charge in [-0.25, -0.2) is 4.79 Å². The molecule has 2 N–H and O–H groups in total. The zero-order chi connectivity index (χ0) is 34.8. The van der Waals surface area contributed by atoms with Gasteiger partial charge < -0.3 is 29.3 Å². The van der Waals surface area contributed by atoms with Crippen LogP contribution in [0.1, 0.15) is 121 Å². The van der Waals surface area contributed by atoms with Gasteiger partial charge in [-0.05, 0) is 126 Å². The van der Waals surface area contributed by atoms with Crippen LogP contribution < -0.4 is 0 Å². The molecule has 0 bridgehead atoms. The van der Waals surface area contributed by atoms with E-state index >= 15 is 0 Å². The molecule has 8 heteroatoms. The number of nitrogens with zero attached hydrogens (tertiary/aromatic N) is 2. The first-order chi connectivity index (χ1) is 22.4. The van der Waals surface area contributed by atoms with Crippen LogP contribution in [-0.4, -0.2) is 101 Å². The highest BCUT2D eigenvalue weighted by Crippen LogP contribution is 2.89. The first-order valence-electron chi connectivity index (χ1n) is 19.8. The van der Waals surface area contributed by atoms with Crippen LogP contribution in [0.15, 0.2) is 0 Å². The highest BCUT2D eigenvalue weighted by molar-refractivity contribution is 5.68. The fourth-order valence-corrected chi connectivity index (χ4v) is 14.3. The lowest BCUT2D eigenvalue weighted by atomic mass is 9.41. The third-order valence-corrected chi connectivity index (χ3v) is 16.7. The molecule has 8 nitrogen and oxygen atoms in total.